The highest BCUT2D eigenvalue weighted by atomic mass is 32.2. The molecule has 98 valence electrons. The average molecular weight is 267 g/mol. The van der Waals surface area contributed by atoms with Gasteiger partial charge in [-0.1, -0.05) is 18.2 Å². The van der Waals surface area contributed by atoms with Crippen molar-refractivity contribution in [3.8, 4) is 0 Å². The van der Waals surface area contributed by atoms with Crippen LogP contribution in [-0.4, -0.2) is 42.6 Å². The number of nitrogens with zero attached hydrogens (tertiary/aromatic N) is 1. The Morgan fingerprint density at radius 1 is 1.22 bits per heavy atom. The van der Waals surface area contributed by atoms with E-state index in [1.807, 2.05) is 12.1 Å². The summed E-state index contributed by atoms with van der Waals surface area (Å²) in [6, 6.07) is 8.28. The van der Waals surface area contributed by atoms with E-state index in [0.29, 0.717) is 6.42 Å². The van der Waals surface area contributed by atoms with Crippen molar-refractivity contribution in [2.24, 2.45) is 0 Å². The van der Waals surface area contributed by atoms with Crippen LogP contribution in [0.3, 0.4) is 0 Å². The fraction of sp³-hybridized carbons (Fsp3) is 0.462. The van der Waals surface area contributed by atoms with Crippen molar-refractivity contribution >= 4 is 16.3 Å². The molecule has 0 aliphatic carbocycles. The predicted octanol–water partition coefficient (Wildman–Crippen LogP) is 0.999. The summed E-state index contributed by atoms with van der Waals surface area (Å²) in [5, 5.41) is 0. The minimum Gasteiger partial charge on any atom is -0.748 e. The molecule has 1 aliphatic rings. The van der Waals surface area contributed by atoms with E-state index in [1.165, 1.54) is 11.1 Å². The molecule has 1 aromatic rings. The Balaban J connectivity index is 1.87. The van der Waals surface area contributed by atoms with Crippen molar-refractivity contribution in [1.82, 2.24) is 0 Å². The van der Waals surface area contributed by atoms with Gasteiger partial charge in [0.1, 0.15) is 13.1 Å². The van der Waals surface area contributed by atoms with Crippen LogP contribution < -0.4 is 0 Å². The molecular weight excluding hydrogens is 250 g/mol. The molecule has 1 aromatic carbocycles. The van der Waals surface area contributed by atoms with Gasteiger partial charge >= 0.3 is 0 Å². The van der Waals surface area contributed by atoms with E-state index in [4.69, 9.17) is 0 Å². The summed E-state index contributed by atoms with van der Waals surface area (Å²) in [4.78, 5) is 0. The molecule has 0 aromatic heterocycles. The van der Waals surface area contributed by atoms with Gasteiger partial charge in [-0.15, -0.1) is 0 Å². The molecule has 1 heterocycles. The maximum Gasteiger partial charge on any atom is 0.170 e. The van der Waals surface area contributed by atoms with Crippen molar-refractivity contribution in [3.05, 3.63) is 35.4 Å². The van der Waals surface area contributed by atoms with E-state index in [2.05, 4.69) is 22.9 Å². The number of rotatable bonds is 5. The molecule has 0 saturated heterocycles. The van der Waals surface area contributed by atoms with Gasteiger partial charge in [0.2, 0.25) is 0 Å². The minimum atomic E-state index is -4.05. The average Bonchev–Trinajstić information content (AvgIpc) is 2.33. The molecule has 4 nitrogen and oxygen atoms in total. The highest BCUT2D eigenvalue weighted by molar-refractivity contribution is 7.85. The van der Waals surface area contributed by atoms with Gasteiger partial charge < -0.3 is 4.55 Å². The first kappa shape index (κ1) is 13.2. The Morgan fingerprint density at radius 2 is 2.00 bits per heavy atom. The molecule has 2 rings (SSSR count). The van der Waals surface area contributed by atoms with Gasteiger partial charge in [-0.05, 0) is 18.1 Å². The summed E-state index contributed by atoms with van der Waals surface area (Å²) in [7, 11) is -4.05. The number of hydrogen-bond acceptors (Lipinski definition) is 3. The van der Waals surface area contributed by atoms with Crippen LogP contribution in [-0.2, 0) is 16.5 Å². The molecule has 5 heteroatoms. The minimum absolute atomic E-state index is 0.253. The van der Waals surface area contributed by atoms with Crippen molar-refractivity contribution < 1.29 is 17.5 Å². The van der Waals surface area contributed by atoms with E-state index in [1.54, 1.807) is 0 Å². The standard InChI is InChI=1S/C13H17NO3S/c15-18(16,17)10-4-3-8-14-9-7-12-5-1-2-6-13(12)11-14/h1-2,5-6,11H,3-4,7-10H2. The van der Waals surface area contributed by atoms with Crippen molar-refractivity contribution in [3.63, 3.8) is 0 Å². The molecule has 0 fully saturated rings. The monoisotopic (exact) mass is 267 g/mol. The fourth-order valence-electron chi connectivity index (χ4n) is 2.18. The second-order valence-corrected chi connectivity index (χ2v) is 6.11. The molecule has 0 atom stereocenters. The molecule has 18 heavy (non-hydrogen) atoms. The molecule has 0 unspecified atom stereocenters. The van der Waals surface area contributed by atoms with Gasteiger partial charge in [-0.25, -0.2) is 13.0 Å². The molecule has 0 N–H and O–H groups in total. The van der Waals surface area contributed by atoms with E-state index in [9.17, 15) is 13.0 Å². The Labute approximate surface area is 108 Å². The Kier molecular flexibility index (Phi) is 4.14. The predicted molar refractivity (Wildman–Crippen MR) is 69.1 cm³/mol. The first-order chi connectivity index (χ1) is 8.54. The number of benzene rings is 1. The molecule has 1 aliphatic heterocycles. The Hall–Kier alpha value is -1.20. The van der Waals surface area contributed by atoms with Crippen LogP contribution in [0.2, 0.25) is 0 Å². The normalized spacial score (nSPS) is 15.1. The number of fused-ring (bicyclic) bond motifs is 1. The van der Waals surface area contributed by atoms with E-state index >= 15 is 0 Å². The van der Waals surface area contributed by atoms with E-state index in [-0.39, 0.29) is 5.75 Å². The van der Waals surface area contributed by atoms with E-state index < -0.39 is 10.1 Å². The molecular formula is C13H17NO3S. The summed E-state index contributed by atoms with van der Waals surface area (Å²) < 4.78 is 33.6. The van der Waals surface area contributed by atoms with Gasteiger partial charge in [0, 0.05) is 24.2 Å². The quantitative estimate of drug-likeness (QED) is 0.454. The van der Waals surface area contributed by atoms with Crippen LogP contribution >= 0.6 is 0 Å². The molecule has 0 bridgehead atoms. The summed E-state index contributed by atoms with van der Waals surface area (Å²) in [6.45, 7) is 1.77. The number of unbranched alkanes of at least 4 members (excludes halogenated alkanes) is 1. The van der Waals surface area contributed by atoms with Crippen molar-refractivity contribution in [2.45, 2.75) is 19.3 Å². The molecule has 0 radical (unpaired) electrons. The third kappa shape index (κ3) is 3.92. The van der Waals surface area contributed by atoms with Crippen LogP contribution in [0.5, 0.6) is 0 Å². The lowest BCUT2D eigenvalue weighted by Crippen LogP contribution is -2.23. The summed E-state index contributed by atoms with van der Waals surface area (Å²) in [5.74, 6) is -0.253. The maximum atomic E-state index is 10.5. The van der Waals surface area contributed by atoms with Crippen LogP contribution in [0.15, 0.2) is 24.3 Å². The van der Waals surface area contributed by atoms with Crippen LogP contribution in [0.1, 0.15) is 24.0 Å². The lowest BCUT2D eigenvalue weighted by molar-refractivity contribution is -0.524. The molecule has 0 amide bonds. The van der Waals surface area contributed by atoms with Gasteiger partial charge in [0.05, 0.1) is 10.1 Å². The smallest absolute Gasteiger partial charge is 0.170 e. The zero-order valence-electron chi connectivity index (χ0n) is 10.2. The topological polar surface area (TPSA) is 60.2 Å². The number of hydrogen-bond donors (Lipinski definition) is 0. The Morgan fingerprint density at radius 3 is 2.78 bits per heavy atom. The van der Waals surface area contributed by atoms with Crippen molar-refractivity contribution in [2.75, 3.05) is 18.8 Å². The highest BCUT2D eigenvalue weighted by Gasteiger charge is 2.14. The first-order valence-corrected chi connectivity index (χ1v) is 7.73. The van der Waals surface area contributed by atoms with Crippen LogP contribution in [0, 0.1) is 0 Å². The van der Waals surface area contributed by atoms with Gasteiger partial charge in [-0.2, -0.15) is 0 Å². The lowest BCUT2D eigenvalue weighted by atomic mass is 10.0. The summed E-state index contributed by atoms with van der Waals surface area (Å²) in [5.41, 5.74) is 2.59. The van der Waals surface area contributed by atoms with Gasteiger partial charge in [-0.3, -0.25) is 0 Å². The SMILES string of the molecule is O=S(=O)([O-])CCCC[N+]1=Cc2ccccc2CC1. The van der Waals surface area contributed by atoms with E-state index in [0.717, 1.165) is 25.9 Å². The second kappa shape index (κ2) is 5.63. The third-order valence-electron chi connectivity index (χ3n) is 3.13. The van der Waals surface area contributed by atoms with Crippen molar-refractivity contribution in [1.29, 1.82) is 0 Å². The summed E-state index contributed by atoms with van der Waals surface area (Å²) in [6.07, 6.45) is 4.31. The van der Waals surface area contributed by atoms with Crippen LogP contribution in [0.25, 0.3) is 0 Å². The molecule has 0 spiro atoms. The molecule has 0 saturated carbocycles. The maximum absolute atomic E-state index is 10.5. The zero-order valence-corrected chi connectivity index (χ0v) is 11.0. The fourth-order valence-corrected chi connectivity index (χ4v) is 2.74. The van der Waals surface area contributed by atoms with Gasteiger partial charge in [0.15, 0.2) is 6.21 Å². The largest absolute Gasteiger partial charge is 0.748 e. The highest BCUT2D eigenvalue weighted by Crippen LogP contribution is 2.11. The Bertz CT molecular complexity index is 549. The zero-order chi connectivity index (χ0) is 13.0. The first-order valence-electron chi connectivity index (χ1n) is 6.15. The lowest BCUT2D eigenvalue weighted by Gasteiger charge is -2.12. The third-order valence-corrected chi connectivity index (χ3v) is 3.92. The second-order valence-electron chi connectivity index (χ2n) is 4.58. The summed E-state index contributed by atoms with van der Waals surface area (Å²) >= 11 is 0. The van der Waals surface area contributed by atoms with Gasteiger partial charge in [0.25, 0.3) is 0 Å². The van der Waals surface area contributed by atoms with Crippen LogP contribution in [0.4, 0.5) is 0 Å².